The largest absolute Gasteiger partial charge is 0.457 e. The van der Waals surface area contributed by atoms with Gasteiger partial charge in [-0.05, 0) is 50.3 Å². The first-order valence-corrected chi connectivity index (χ1v) is 14.1. The highest BCUT2D eigenvalue weighted by molar-refractivity contribution is 5.88. The van der Waals surface area contributed by atoms with Crippen LogP contribution < -0.4 is 0 Å². The number of fused-ring (bicyclic) bond motifs is 2. The Kier molecular flexibility index (Phi) is 8.57. The normalized spacial score (nSPS) is 34.5. The highest BCUT2D eigenvalue weighted by atomic mass is 16.6. The number of Topliss-reactive ketones (excluding diaryl/α,β-unsaturated/α-hetero) is 1. The molecule has 0 radical (unpaired) electrons. The number of ether oxygens (including phenoxy) is 2. The summed E-state index contributed by atoms with van der Waals surface area (Å²) in [6.45, 7) is 11.3. The minimum absolute atomic E-state index is 0.00356. The van der Waals surface area contributed by atoms with Crippen LogP contribution in [0.4, 0.5) is 0 Å². The second-order valence-corrected chi connectivity index (χ2v) is 12.4. The average molecular weight is 545 g/mol. The van der Waals surface area contributed by atoms with Crippen molar-refractivity contribution in [3.8, 4) is 0 Å². The summed E-state index contributed by atoms with van der Waals surface area (Å²) in [5.41, 5.74) is 0.824. The summed E-state index contributed by atoms with van der Waals surface area (Å²) < 4.78 is 14.0. The van der Waals surface area contributed by atoms with Crippen LogP contribution in [0.2, 0.25) is 0 Å². The van der Waals surface area contributed by atoms with Crippen LogP contribution in [0.15, 0.2) is 18.2 Å². The number of esters is 1. The summed E-state index contributed by atoms with van der Waals surface area (Å²) in [4.78, 5) is 31.1. The summed E-state index contributed by atoms with van der Waals surface area (Å²) in [5.74, 6) is -0.867. The van der Waals surface area contributed by atoms with Gasteiger partial charge in [-0.1, -0.05) is 40.2 Å². The zero-order valence-electron chi connectivity index (χ0n) is 24.0. The second-order valence-electron chi connectivity index (χ2n) is 12.4. The molecule has 0 aliphatic carbocycles. The van der Waals surface area contributed by atoms with Crippen molar-refractivity contribution in [3.63, 3.8) is 0 Å². The smallest absolute Gasteiger partial charge is 0.309 e. The molecule has 1 aromatic carbocycles. The second kappa shape index (κ2) is 11.3. The number of hydrogen-bond acceptors (Lipinski definition) is 8. The molecule has 0 amide bonds. The molecule has 1 aromatic heterocycles. The Morgan fingerprint density at radius 2 is 1.87 bits per heavy atom. The number of aliphatic hydroxyl groups excluding tert-OH is 3. The number of imidazole rings is 1. The third-order valence-corrected chi connectivity index (χ3v) is 9.07. The van der Waals surface area contributed by atoms with E-state index in [1.54, 1.807) is 20.8 Å². The minimum Gasteiger partial charge on any atom is -0.457 e. The predicted octanol–water partition coefficient (Wildman–Crippen LogP) is 3.63. The van der Waals surface area contributed by atoms with Gasteiger partial charge in [-0.25, -0.2) is 4.98 Å². The van der Waals surface area contributed by atoms with Gasteiger partial charge < -0.3 is 29.4 Å². The van der Waals surface area contributed by atoms with Gasteiger partial charge in [-0.2, -0.15) is 0 Å². The zero-order chi connectivity index (χ0) is 28.7. The molecule has 39 heavy (non-hydrogen) atoms. The van der Waals surface area contributed by atoms with Crippen molar-refractivity contribution in [2.24, 2.45) is 17.3 Å². The third-order valence-electron chi connectivity index (χ3n) is 9.07. The molecule has 216 valence electrons. The molecule has 9 nitrogen and oxygen atoms in total. The number of aromatic nitrogens is 2. The van der Waals surface area contributed by atoms with Gasteiger partial charge >= 0.3 is 5.97 Å². The van der Waals surface area contributed by atoms with Crippen LogP contribution in [-0.2, 0) is 25.6 Å². The lowest BCUT2D eigenvalue weighted by molar-refractivity contribution is -0.156. The number of hydrogen-bond donors (Lipinski definition) is 3. The number of epoxide rings is 1. The number of nitrogens with zero attached hydrogens (tertiary/aromatic N) is 2. The molecule has 2 saturated heterocycles. The fourth-order valence-corrected chi connectivity index (χ4v) is 6.07. The van der Waals surface area contributed by atoms with E-state index in [2.05, 4.69) is 11.9 Å². The standard InChI is InChI=1S/C30H44N2O7/c1-17-8-7-11-30(6)25(39-30)15-23(20-9-10-22-21(14-20)31-19(3)32(22)12-13-33)38-26(35)16-24(34)29(4,5)28(37)18(2)27(17)36/h9-10,14,17-18,23-25,27,33-34,36H,7-8,11-13,15-16H2,1-6H3. The van der Waals surface area contributed by atoms with Crippen molar-refractivity contribution < 1.29 is 34.4 Å². The van der Waals surface area contributed by atoms with Gasteiger partial charge in [0.05, 0.1) is 53.4 Å². The Morgan fingerprint density at radius 1 is 1.15 bits per heavy atom. The van der Waals surface area contributed by atoms with Crippen molar-refractivity contribution in [3.05, 3.63) is 29.6 Å². The average Bonchev–Trinajstić information content (AvgIpc) is 3.41. The molecule has 3 heterocycles. The van der Waals surface area contributed by atoms with Gasteiger partial charge in [0.1, 0.15) is 17.7 Å². The van der Waals surface area contributed by atoms with Crippen LogP contribution in [0, 0.1) is 24.2 Å². The van der Waals surface area contributed by atoms with Gasteiger partial charge in [-0.3, -0.25) is 9.59 Å². The zero-order valence-corrected chi connectivity index (χ0v) is 24.0. The summed E-state index contributed by atoms with van der Waals surface area (Å²) in [6.07, 6.45) is -0.333. The van der Waals surface area contributed by atoms with E-state index in [-0.39, 0.29) is 36.4 Å². The van der Waals surface area contributed by atoms with Gasteiger partial charge in [0.25, 0.3) is 0 Å². The number of carbonyl (C=O) groups is 2. The molecule has 2 aromatic rings. The number of aliphatic hydroxyl groups is 3. The summed E-state index contributed by atoms with van der Waals surface area (Å²) >= 11 is 0. The molecule has 9 heteroatoms. The van der Waals surface area contributed by atoms with Crippen LogP contribution in [-0.4, -0.2) is 67.1 Å². The summed E-state index contributed by atoms with van der Waals surface area (Å²) in [5, 5.41) is 31.3. The Labute approximate surface area is 230 Å². The lowest BCUT2D eigenvalue weighted by Crippen LogP contribution is -2.45. The highest BCUT2D eigenvalue weighted by Crippen LogP contribution is 2.46. The van der Waals surface area contributed by atoms with E-state index < -0.39 is 35.6 Å². The van der Waals surface area contributed by atoms with Crippen molar-refractivity contribution >= 4 is 22.8 Å². The Balaban J connectivity index is 1.63. The quantitative estimate of drug-likeness (QED) is 0.394. The fraction of sp³-hybridized carbons (Fsp3) is 0.700. The minimum atomic E-state index is -1.27. The topological polar surface area (TPSA) is 134 Å². The van der Waals surface area contributed by atoms with Gasteiger partial charge in [-0.15, -0.1) is 0 Å². The molecule has 2 aliphatic rings. The molecule has 4 rings (SSSR count). The van der Waals surface area contributed by atoms with E-state index in [4.69, 9.17) is 9.47 Å². The van der Waals surface area contributed by atoms with E-state index >= 15 is 0 Å². The summed E-state index contributed by atoms with van der Waals surface area (Å²) in [6, 6.07) is 5.73. The van der Waals surface area contributed by atoms with E-state index in [1.807, 2.05) is 36.6 Å². The van der Waals surface area contributed by atoms with E-state index in [1.165, 1.54) is 0 Å². The Bertz CT molecular complexity index is 1210. The van der Waals surface area contributed by atoms with Gasteiger partial charge in [0, 0.05) is 18.9 Å². The van der Waals surface area contributed by atoms with Crippen LogP contribution in [0.3, 0.4) is 0 Å². The van der Waals surface area contributed by atoms with Crippen LogP contribution in [0.1, 0.15) is 84.2 Å². The van der Waals surface area contributed by atoms with Crippen LogP contribution in [0.25, 0.3) is 11.0 Å². The molecule has 7 atom stereocenters. The Hall–Kier alpha value is -2.33. The summed E-state index contributed by atoms with van der Waals surface area (Å²) in [7, 11) is 0. The Morgan fingerprint density at radius 3 is 2.56 bits per heavy atom. The monoisotopic (exact) mass is 544 g/mol. The third kappa shape index (κ3) is 6.06. The first kappa shape index (κ1) is 29.6. The van der Waals surface area contributed by atoms with Crippen molar-refractivity contribution in [1.29, 1.82) is 0 Å². The molecule has 3 N–H and O–H groups in total. The molecule has 0 saturated carbocycles. The molecule has 2 fully saturated rings. The number of cyclic esters (lactones) is 1. The molecule has 2 aliphatic heterocycles. The maximum absolute atomic E-state index is 13.3. The number of ketones is 1. The molecule has 7 unspecified atom stereocenters. The maximum Gasteiger partial charge on any atom is 0.309 e. The highest BCUT2D eigenvalue weighted by Gasteiger charge is 2.53. The van der Waals surface area contributed by atoms with Gasteiger partial charge in [0.15, 0.2) is 0 Å². The van der Waals surface area contributed by atoms with Crippen LogP contribution in [0.5, 0.6) is 0 Å². The van der Waals surface area contributed by atoms with Crippen molar-refractivity contribution in [2.75, 3.05) is 6.61 Å². The van der Waals surface area contributed by atoms with E-state index in [0.717, 1.165) is 41.7 Å². The number of carbonyl (C=O) groups excluding carboxylic acids is 2. The molecular formula is C30H44N2O7. The van der Waals surface area contributed by atoms with Crippen molar-refractivity contribution in [1.82, 2.24) is 9.55 Å². The predicted molar refractivity (Wildman–Crippen MR) is 146 cm³/mol. The first-order chi connectivity index (χ1) is 18.3. The number of benzene rings is 1. The van der Waals surface area contributed by atoms with E-state index in [0.29, 0.717) is 13.0 Å². The maximum atomic E-state index is 13.3. The molecule has 0 bridgehead atoms. The SMILES string of the molecule is Cc1nc2cc(C3CC4OC4(C)CCCC(C)C(O)C(C)C(=O)C(C)(C)C(O)CC(=O)O3)ccc2n1CCO. The van der Waals surface area contributed by atoms with Crippen LogP contribution >= 0.6 is 0 Å². The molecule has 0 spiro atoms. The number of rotatable bonds is 3. The number of aryl methyl sites for hydroxylation is 1. The lowest BCUT2D eigenvalue weighted by atomic mass is 9.73. The van der Waals surface area contributed by atoms with Crippen molar-refractivity contribution in [2.45, 2.75) is 110 Å². The van der Waals surface area contributed by atoms with E-state index in [9.17, 15) is 24.9 Å². The first-order valence-electron chi connectivity index (χ1n) is 14.1. The molecular weight excluding hydrogens is 500 g/mol. The fourth-order valence-electron chi connectivity index (χ4n) is 6.07. The lowest BCUT2D eigenvalue weighted by Gasteiger charge is -2.34. The van der Waals surface area contributed by atoms with Gasteiger partial charge in [0.2, 0.25) is 0 Å².